The predicted octanol–water partition coefficient (Wildman–Crippen LogP) is 1.17. The second kappa shape index (κ2) is 5.00. The van der Waals surface area contributed by atoms with Crippen molar-refractivity contribution < 1.29 is 4.74 Å². The lowest BCUT2D eigenvalue weighted by Crippen LogP contribution is -2.35. The maximum absolute atomic E-state index is 5.34. The van der Waals surface area contributed by atoms with Gasteiger partial charge in [0.25, 0.3) is 0 Å². The van der Waals surface area contributed by atoms with Crippen LogP contribution in [0.1, 0.15) is 11.1 Å². The van der Waals surface area contributed by atoms with E-state index in [1.807, 2.05) is 18.0 Å². The van der Waals surface area contributed by atoms with E-state index in [9.17, 15) is 0 Å². The first-order valence-corrected chi connectivity index (χ1v) is 4.90. The Labute approximate surface area is 91.0 Å². The number of nitrogens with zero attached hydrogens (tertiary/aromatic N) is 1. The molecule has 0 atom stereocenters. The number of nitrogens with two attached hydrogens (primary N) is 1. The molecule has 0 spiro atoms. The van der Waals surface area contributed by atoms with Gasteiger partial charge in [0.15, 0.2) is 0 Å². The number of benzene rings is 1. The van der Waals surface area contributed by atoms with E-state index in [4.69, 9.17) is 10.6 Å². The molecule has 4 heteroatoms. The molecule has 0 fully saturated rings. The Morgan fingerprint density at radius 1 is 1.33 bits per heavy atom. The monoisotopic (exact) mass is 209 g/mol. The average molecular weight is 209 g/mol. The van der Waals surface area contributed by atoms with Gasteiger partial charge in [-0.2, -0.15) is 0 Å². The summed E-state index contributed by atoms with van der Waals surface area (Å²) in [5.74, 6) is 6.16. The van der Waals surface area contributed by atoms with Crippen LogP contribution in [0.25, 0.3) is 0 Å². The Hall–Kier alpha value is -1.26. The van der Waals surface area contributed by atoms with Gasteiger partial charge >= 0.3 is 0 Å². The standard InChI is InChI=1S/C11H19N3O/c1-8-5-10(14(3)7-13-12)11(15-4)6-9(8)2/h5-6,13H,7,12H2,1-4H3. The van der Waals surface area contributed by atoms with Crippen LogP contribution in [0, 0.1) is 13.8 Å². The molecule has 0 aliphatic heterocycles. The molecule has 0 aromatic heterocycles. The summed E-state index contributed by atoms with van der Waals surface area (Å²) in [7, 11) is 3.64. The third-order valence-electron chi connectivity index (χ3n) is 2.53. The summed E-state index contributed by atoms with van der Waals surface area (Å²) in [6, 6.07) is 4.14. The minimum absolute atomic E-state index is 0.582. The molecule has 1 aromatic carbocycles. The molecule has 15 heavy (non-hydrogen) atoms. The first kappa shape index (κ1) is 11.8. The molecule has 0 unspecified atom stereocenters. The van der Waals surface area contributed by atoms with Crippen molar-refractivity contribution in [3.05, 3.63) is 23.3 Å². The number of ether oxygens (including phenoxy) is 1. The maximum atomic E-state index is 5.34. The minimum atomic E-state index is 0.582. The van der Waals surface area contributed by atoms with Gasteiger partial charge in [0.1, 0.15) is 5.75 Å². The van der Waals surface area contributed by atoms with E-state index in [2.05, 4.69) is 25.3 Å². The zero-order valence-electron chi connectivity index (χ0n) is 9.79. The van der Waals surface area contributed by atoms with Crippen LogP contribution in [0.2, 0.25) is 0 Å². The largest absolute Gasteiger partial charge is 0.495 e. The van der Waals surface area contributed by atoms with Crippen molar-refractivity contribution in [1.29, 1.82) is 0 Å². The fraction of sp³-hybridized carbons (Fsp3) is 0.455. The molecule has 0 radical (unpaired) electrons. The number of methoxy groups -OCH3 is 1. The highest BCUT2D eigenvalue weighted by molar-refractivity contribution is 5.61. The summed E-state index contributed by atoms with van der Waals surface area (Å²) in [5.41, 5.74) is 6.13. The minimum Gasteiger partial charge on any atom is -0.495 e. The molecular formula is C11H19N3O. The number of aryl methyl sites for hydroxylation is 2. The third kappa shape index (κ3) is 2.61. The number of rotatable bonds is 4. The average Bonchev–Trinajstić information content (AvgIpc) is 2.21. The van der Waals surface area contributed by atoms with Crippen molar-refractivity contribution in [3.8, 4) is 5.75 Å². The Bertz CT molecular complexity index is 339. The quantitative estimate of drug-likeness (QED) is 0.444. The highest BCUT2D eigenvalue weighted by Gasteiger charge is 2.09. The van der Waals surface area contributed by atoms with Crippen LogP contribution < -0.4 is 20.9 Å². The third-order valence-corrected chi connectivity index (χ3v) is 2.53. The summed E-state index contributed by atoms with van der Waals surface area (Å²) < 4.78 is 5.34. The lowest BCUT2D eigenvalue weighted by atomic mass is 10.1. The summed E-state index contributed by atoms with van der Waals surface area (Å²) in [6.45, 7) is 4.74. The topological polar surface area (TPSA) is 50.5 Å². The van der Waals surface area contributed by atoms with Crippen LogP contribution in [0.15, 0.2) is 12.1 Å². The highest BCUT2D eigenvalue weighted by atomic mass is 16.5. The van der Waals surface area contributed by atoms with E-state index in [0.717, 1.165) is 11.4 Å². The molecule has 0 bridgehead atoms. The maximum Gasteiger partial charge on any atom is 0.142 e. The number of hydrazine groups is 1. The van der Waals surface area contributed by atoms with Gasteiger partial charge in [-0.3, -0.25) is 5.84 Å². The van der Waals surface area contributed by atoms with Crippen molar-refractivity contribution >= 4 is 5.69 Å². The van der Waals surface area contributed by atoms with Gasteiger partial charge in [-0.1, -0.05) is 0 Å². The Morgan fingerprint density at radius 2 is 1.93 bits per heavy atom. The molecular weight excluding hydrogens is 190 g/mol. The van der Waals surface area contributed by atoms with E-state index in [-0.39, 0.29) is 0 Å². The van der Waals surface area contributed by atoms with Crippen LogP contribution in [0.4, 0.5) is 5.69 Å². The van der Waals surface area contributed by atoms with E-state index in [1.165, 1.54) is 11.1 Å². The van der Waals surface area contributed by atoms with E-state index in [1.54, 1.807) is 7.11 Å². The fourth-order valence-corrected chi connectivity index (χ4v) is 1.46. The van der Waals surface area contributed by atoms with Crippen molar-refractivity contribution in [2.75, 3.05) is 25.7 Å². The van der Waals surface area contributed by atoms with Gasteiger partial charge in [-0.05, 0) is 37.1 Å². The first-order valence-electron chi connectivity index (χ1n) is 4.90. The van der Waals surface area contributed by atoms with E-state index < -0.39 is 0 Å². The van der Waals surface area contributed by atoms with Crippen molar-refractivity contribution in [1.82, 2.24) is 5.43 Å². The van der Waals surface area contributed by atoms with Gasteiger partial charge < -0.3 is 9.64 Å². The zero-order valence-corrected chi connectivity index (χ0v) is 9.79. The van der Waals surface area contributed by atoms with Crippen LogP contribution >= 0.6 is 0 Å². The normalized spacial score (nSPS) is 10.2. The van der Waals surface area contributed by atoms with Crippen LogP contribution in [-0.4, -0.2) is 20.8 Å². The molecule has 4 nitrogen and oxygen atoms in total. The zero-order chi connectivity index (χ0) is 11.4. The smallest absolute Gasteiger partial charge is 0.142 e. The summed E-state index contributed by atoms with van der Waals surface area (Å²) in [5, 5.41) is 0. The number of hydrogen-bond acceptors (Lipinski definition) is 4. The molecule has 0 aliphatic carbocycles. The lowest BCUT2D eigenvalue weighted by molar-refractivity contribution is 0.414. The van der Waals surface area contributed by atoms with Crippen molar-refractivity contribution in [3.63, 3.8) is 0 Å². The molecule has 1 aromatic rings. The molecule has 0 aliphatic rings. The molecule has 0 saturated carbocycles. The molecule has 3 N–H and O–H groups in total. The summed E-state index contributed by atoms with van der Waals surface area (Å²) in [6.07, 6.45) is 0. The molecule has 1 rings (SSSR count). The first-order chi connectivity index (χ1) is 7.10. The molecule has 84 valence electrons. The predicted molar refractivity (Wildman–Crippen MR) is 63.1 cm³/mol. The van der Waals surface area contributed by atoms with Crippen molar-refractivity contribution in [2.45, 2.75) is 13.8 Å². The highest BCUT2D eigenvalue weighted by Crippen LogP contribution is 2.30. The summed E-state index contributed by atoms with van der Waals surface area (Å²) in [4.78, 5) is 2.01. The van der Waals surface area contributed by atoms with E-state index in [0.29, 0.717) is 6.67 Å². The van der Waals surface area contributed by atoms with Crippen LogP contribution in [0.5, 0.6) is 5.75 Å². The second-order valence-electron chi connectivity index (χ2n) is 3.67. The van der Waals surface area contributed by atoms with Crippen molar-refractivity contribution in [2.24, 2.45) is 5.84 Å². The van der Waals surface area contributed by atoms with E-state index >= 15 is 0 Å². The molecule has 0 heterocycles. The van der Waals surface area contributed by atoms with Gasteiger partial charge in [0.2, 0.25) is 0 Å². The number of nitrogens with one attached hydrogen (secondary N) is 1. The van der Waals surface area contributed by atoms with Gasteiger partial charge in [-0.15, -0.1) is 0 Å². The van der Waals surface area contributed by atoms with Gasteiger partial charge in [-0.25, -0.2) is 5.43 Å². The number of hydrogen-bond donors (Lipinski definition) is 2. The molecule has 0 saturated heterocycles. The Balaban J connectivity index is 3.09. The van der Waals surface area contributed by atoms with Gasteiger partial charge in [0, 0.05) is 7.05 Å². The van der Waals surface area contributed by atoms with Gasteiger partial charge in [0.05, 0.1) is 19.5 Å². The molecule has 0 amide bonds. The number of anilines is 1. The fourth-order valence-electron chi connectivity index (χ4n) is 1.46. The SMILES string of the molecule is COc1cc(C)c(C)cc1N(C)CNN. The Morgan fingerprint density at radius 3 is 2.47 bits per heavy atom. The van der Waals surface area contributed by atoms with Crippen LogP contribution in [0.3, 0.4) is 0 Å². The second-order valence-corrected chi connectivity index (χ2v) is 3.67. The summed E-state index contributed by atoms with van der Waals surface area (Å²) >= 11 is 0. The Kier molecular flexibility index (Phi) is 3.94. The van der Waals surface area contributed by atoms with Crippen LogP contribution in [-0.2, 0) is 0 Å². The lowest BCUT2D eigenvalue weighted by Gasteiger charge is -2.22.